The Labute approximate surface area is 137 Å². The molecule has 9 nitrogen and oxygen atoms in total. The van der Waals surface area contributed by atoms with E-state index in [4.69, 9.17) is 19.9 Å². The molecule has 1 aliphatic heterocycles. The van der Waals surface area contributed by atoms with E-state index in [1.807, 2.05) is 0 Å². The van der Waals surface area contributed by atoms with Crippen molar-refractivity contribution in [3.8, 4) is 17.2 Å². The number of nitrogens with zero attached hydrogens (tertiary/aromatic N) is 1. The average Bonchev–Trinajstić information content (AvgIpc) is 3.21. The first kappa shape index (κ1) is 15.7. The van der Waals surface area contributed by atoms with Crippen LogP contribution >= 0.6 is 0 Å². The highest BCUT2D eigenvalue weighted by atomic mass is 16.7. The minimum atomic E-state index is -0.775. The van der Waals surface area contributed by atoms with Gasteiger partial charge in [0, 0.05) is 6.07 Å². The molecule has 126 valence electrons. The number of ether oxygens (including phenoxy) is 3. The van der Waals surface area contributed by atoms with Gasteiger partial charge in [-0.3, -0.25) is 14.7 Å². The fourth-order valence-electron chi connectivity index (χ4n) is 2.02. The van der Waals surface area contributed by atoms with E-state index in [0.29, 0.717) is 22.9 Å². The van der Waals surface area contributed by atoms with Crippen LogP contribution in [-0.2, 0) is 11.4 Å². The van der Waals surface area contributed by atoms with E-state index in [1.54, 1.807) is 18.2 Å². The number of hydrogen-bond donors (Lipinski definition) is 3. The van der Waals surface area contributed by atoms with Crippen molar-refractivity contribution in [1.29, 1.82) is 0 Å². The van der Waals surface area contributed by atoms with Crippen LogP contribution in [0, 0.1) is 0 Å². The summed E-state index contributed by atoms with van der Waals surface area (Å²) in [6.45, 7) is 1.88. The summed E-state index contributed by atoms with van der Waals surface area (Å²) in [5, 5.41) is 9.03. The zero-order chi connectivity index (χ0) is 17.1. The van der Waals surface area contributed by atoms with Crippen molar-refractivity contribution in [3.05, 3.63) is 35.7 Å². The number of nitrogens with one attached hydrogen (secondary N) is 2. The van der Waals surface area contributed by atoms with Crippen LogP contribution in [-0.4, -0.2) is 34.8 Å². The first-order valence-corrected chi connectivity index (χ1v) is 7.20. The van der Waals surface area contributed by atoms with Gasteiger partial charge in [-0.2, -0.15) is 5.10 Å². The van der Waals surface area contributed by atoms with E-state index in [2.05, 4.69) is 15.5 Å². The van der Waals surface area contributed by atoms with E-state index in [1.165, 1.54) is 13.0 Å². The molecule has 2 heterocycles. The molecule has 2 amide bonds. The fourth-order valence-corrected chi connectivity index (χ4v) is 2.02. The predicted octanol–water partition coefficient (Wildman–Crippen LogP) is 0.321. The molecule has 1 aromatic heterocycles. The second kappa shape index (κ2) is 6.49. The third kappa shape index (κ3) is 3.40. The van der Waals surface area contributed by atoms with E-state index in [9.17, 15) is 9.59 Å². The summed E-state index contributed by atoms with van der Waals surface area (Å²) in [4.78, 5) is 22.9. The molecule has 3 rings (SSSR count). The summed E-state index contributed by atoms with van der Waals surface area (Å²) in [5.41, 5.74) is 5.84. The second-order valence-electron chi connectivity index (χ2n) is 5.18. The number of primary amides is 1. The lowest BCUT2D eigenvalue weighted by Crippen LogP contribution is -2.42. The quantitative estimate of drug-likeness (QED) is 0.699. The largest absolute Gasteiger partial charge is 0.487 e. The Morgan fingerprint density at radius 3 is 2.96 bits per heavy atom. The molecular formula is C15H16N4O5. The fraction of sp³-hybridized carbons (Fsp3) is 0.267. The molecule has 0 fully saturated rings. The van der Waals surface area contributed by atoms with Crippen molar-refractivity contribution in [2.45, 2.75) is 19.6 Å². The van der Waals surface area contributed by atoms with Gasteiger partial charge >= 0.3 is 0 Å². The molecule has 0 aliphatic carbocycles. The van der Waals surface area contributed by atoms with E-state index >= 15 is 0 Å². The summed E-state index contributed by atoms with van der Waals surface area (Å²) in [7, 11) is 0. The summed E-state index contributed by atoms with van der Waals surface area (Å²) >= 11 is 0. The average molecular weight is 332 g/mol. The molecule has 0 radical (unpaired) electrons. The summed E-state index contributed by atoms with van der Waals surface area (Å²) in [6.07, 6.45) is 0. The Kier molecular flexibility index (Phi) is 4.23. The molecule has 24 heavy (non-hydrogen) atoms. The van der Waals surface area contributed by atoms with Crippen LogP contribution in [0.25, 0.3) is 0 Å². The third-order valence-corrected chi connectivity index (χ3v) is 3.38. The van der Waals surface area contributed by atoms with Gasteiger partial charge in [-0.1, -0.05) is 0 Å². The number of H-pyrrole nitrogens is 1. The van der Waals surface area contributed by atoms with Crippen molar-refractivity contribution in [2.24, 2.45) is 5.73 Å². The van der Waals surface area contributed by atoms with Gasteiger partial charge in [0.15, 0.2) is 11.5 Å². The number of benzene rings is 1. The maximum absolute atomic E-state index is 11.9. The Balaban J connectivity index is 1.58. The zero-order valence-corrected chi connectivity index (χ0v) is 12.9. The number of amides is 2. The number of carbonyl (C=O) groups excluding carboxylic acids is 2. The Bertz CT molecular complexity index is 773. The number of aromatic nitrogens is 2. The molecule has 4 N–H and O–H groups in total. The first-order chi connectivity index (χ1) is 11.5. The number of aromatic amines is 1. The van der Waals surface area contributed by atoms with Crippen LogP contribution < -0.4 is 25.3 Å². The Hall–Kier alpha value is -3.23. The van der Waals surface area contributed by atoms with Crippen LogP contribution in [0.1, 0.15) is 23.1 Å². The van der Waals surface area contributed by atoms with E-state index < -0.39 is 17.9 Å². The molecule has 0 bridgehead atoms. The Morgan fingerprint density at radius 2 is 2.17 bits per heavy atom. The number of fused-ring (bicyclic) bond motifs is 1. The number of hydrogen-bond acceptors (Lipinski definition) is 6. The van der Waals surface area contributed by atoms with Crippen molar-refractivity contribution in [1.82, 2.24) is 15.5 Å². The monoisotopic (exact) mass is 332 g/mol. The number of rotatable bonds is 6. The van der Waals surface area contributed by atoms with Crippen molar-refractivity contribution in [3.63, 3.8) is 0 Å². The number of carbonyl (C=O) groups is 2. The zero-order valence-electron chi connectivity index (χ0n) is 12.9. The lowest BCUT2D eigenvalue weighted by molar-refractivity contribution is -0.119. The maximum atomic E-state index is 11.9. The molecule has 0 saturated heterocycles. The van der Waals surface area contributed by atoms with Gasteiger partial charge < -0.3 is 25.3 Å². The van der Waals surface area contributed by atoms with Gasteiger partial charge in [0.2, 0.25) is 12.7 Å². The van der Waals surface area contributed by atoms with Gasteiger partial charge in [-0.25, -0.2) is 0 Å². The molecule has 1 aromatic carbocycles. The highest BCUT2D eigenvalue weighted by molar-refractivity contribution is 5.95. The van der Waals surface area contributed by atoms with Crippen LogP contribution in [0.2, 0.25) is 0 Å². The normalized spacial score (nSPS) is 13.4. The first-order valence-electron chi connectivity index (χ1n) is 7.20. The predicted molar refractivity (Wildman–Crippen MR) is 81.6 cm³/mol. The van der Waals surface area contributed by atoms with Crippen LogP contribution in [0.5, 0.6) is 17.2 Å². The van der Waals surface area contributed by atoms with Gasteiger partial charge in [0.25, 0.3) is 5.91 Å². The summed E-state index contributed by atoms with van der Waals surface area (Å²) in [6, 6.07) is 6.00. The van der Waals surface area contributed by atoms with E-state index in [-0.39, 0.29) is 19.1 Å². The minimum Gasteiger partial charge on any atom is -0.487 e. The molecule has 2 aromatic rings. The van der Waals surface area contributed by atoms with Gasteiger partial charge in [-0.05, 0) is 25.1 Å². The molecular weight excluding hydrogens is 316 g/mol. The number of nitrogens with two attached hydrogens (primary N) is 1. The molecule has 0 spiro atoms. The highest BCUT2D eigenvalue weighted by Gasteiger charge is 2.17. The standard InChI is InChI=1S/C15H16N4O5/c1-8(14(16)20)17-15(21)11-4-9(18-19-11)6-22-10-2-3-12-13(5-10)24-7-23-12/h2-5,8H,6-7H2,1H3,(H2,16,20)(H,17,21)(H,18,19)/t8-/m0/s1. The van der Waals surface area contributed by atoms with E-state index in [0.717, 1.165) is 0 Å². The third-order valence-electron chi connectivity index (χ3n) is 3.38. The SMILES string of the molecule is C[C@H](NC(=O)c1cc(COc2ccc3c(c2)OCO3)[nH]n1)C(N)=O. The molecule has 9 heteroatoms. The van der Waals surface area contributed by atoms with Gasteiger partial charge in [-0.15, -0.1) is 0 Å². The van der Waals surface area contributed by atoms with Gasteiger partial charge in [0.05, 0.1) is 5.69 Å². The van der Waals surface area contributed by atoms with Gasteiger partial charge in [0.1, 0.15) is 24.1 Å². The van der Waals surface area contributed by atoms with Crippen LogP contribution in [0.4, 0.5) is 0 Å². The minimum absolute atomic E-state index is 0.146. The lowest BCUT2D eigenvalue weighted by Gasteiger charge is -2.07. The maximum Gasteiger partial charge on any atom is 0.272 e. The molecule has 0 saturated carbocycles. The van der Waals surface area contributed by atoms with Crippen LogP contribution in [0.3, 0.4) is 0 Å². The molecule has 0 unspecified atom stereocenters. The highest BCUT2D eigenvalue weighted by Crippen LogP contribution is 2.35. The smallest absolute Gasteiger partial charge is 0.272 e. The molecule has 1 aliphatic rings. The Morgan fingerprint density at radius 1 is 1.38 bits per heavy atom. The topological polar surface area (TPSA) is 129 Å². The van der Waals surface area contributed by atoms with Crippen LogP contribution in [0.15, 0.2) is 24.3 Å². The summed E-state index contributed by atoms with van der Waals surface area (Å²) < 4.78 is 16.1. The molecule has 1 atom stereocenters. The van der Waals surface area contributed by atoms with Crippen molar-refractivity contribution in [2.75, 3.05) is 6.79 Å². The van der Waals surface area contributed by atoms with Crippen molar-refractivity contribution >= 4 is 11.8 Å². The lowest BCUT2D eigenvalue weighted by atomic mass is 10.3. The summed E-state index contributed by atoms with van der Waals surface area (Å²) in [5.74, 6) is 0.781. The van der Waals surface area contributed by atoms with Crippen molar-refractivity contribution < 1.29 is 23.8 Å². The second-order valence-corrected chi connectivity index (χ2v) is 5.18.